The maximum atomic E-state index is 13.8. The molecule has 0 aliphatic rings. The molecular formula is C16H13ClFNO3S. The van der Waals surface area contributed by atoms with Crippen molar-refractivity contribution in [2.45, 2.75) is 17.9 Å². The smallest absolute Gasteiger partial charge is 0.244 e. The molecule has 3 aromatic rings. The van der Waals surface area contributed by atoms with Gasteiger partial charge in [0.1, 0.15) is 22.1 Å². The van der Waals surface area contributed by atoms with Crippen molar-refractivity contribution >= 4 is 32.6 Å². The highest BCUT2D eigenvalue weighted by Gasteiger charge is 2.23. The van der Waals surface area contributed by atoms with Crippen LogP contribution in [0.15, 0.2) is 57.8 Å². The summed E-state index contributed by atoms with van der Waals surface area (Å²) >= 11 is 5.64. The summed E-state index contributed by atoms with van der Waals surface area (Å²) in [7, 11) is -4.04. The molecule has 0 radical (unpaired) electrons. The van der Waals surface area contributed by atoms with Crippen molar-refractivity contribution in [3.63, 3.8) is 0 Å². The summed E-state index contributed by atoms with van der Waals surface area (Å²) in [5.41, 5.74) is 0.659. The maximum absolute atomic E-state index is 13.8. The quantitative estimate of drug-likeness (QED) is 0.762. The van der Waals surface area contributed by atoms with Crippen LogP contribution < -0.4 is 4.72 Å². The van der Waals surface area contributed by atoms with Gasteiger partial charge in [0.05, 0.1) is 6.04 Å². The summed E-state index contributed by atoms with van der Waals surface area (Å²) < 4.78 is 46.5. The number of nitrogens with one attached hydrogen (secondary N) is 1. The molecule has 0 saturated carbocycles. The zero-order valence-electron chi connectivity index (χ0n) is 12.1. The summed E-state index contributed by atoms with van der Waals surface area (Å²) in [4.78, 5) is -0.454. The van der Waals surface area contributed by atoms with E-state index < -0.39 is 26.8 Å². The van der Waals surface area contributed by atoms with Gasteiger partial charge < -0.3 is 4.42 Å². The first-order valence-corrected chi connectivity index (χ1v) is 8.69. The molecule has 1 atom stereocenters. The van der Waals surface area contributed by atoms with E-state index in [1.54, 1.807) is 19.1 Å². The van der Waals surface area contributed by atoms with Crippen LogP contribution in [0.2, 0.25) is 5.02 Å². The van der Waals surface area contributed by atoms with Gasteiger partial charge in [-0.25, -0.2) is 17.5 Å². The van der Waals surface area contributed by atoms with Gasteiger partial charge in [-0.2, -0.15) is 0 Å². The van der Waals surface area contributed by atoms with Gasteiger partial charge in [-0.05, 0) is 37.3 Å². The normalized spacial score (nSPS) is 13.3. The lowest BCUT2D eigenvalue weighted by Gasteiger charge is -2.12. The van der Waals surface area contributed by atoms with Gasteiger partial charge in [-0.1, -0.05) is 29.8 Å². The van der Waals surface area contributed by atoms with Crippen LogP contribution in [0, 0.1) is 5.82 Å². The Balaban J connectivity index is 1.90. The summed E-state index contributed by atoms with van der Waals surface area (Å²) in [6.07, 6.45) is 0. The van der Waals surface area contributed by atoms with Gasteiger partial charge >= 0.3 is 0 Å². The van der Waals surface area contributed by atoms with Gasteiger partial charge in [-0.3, -0.25) is 0 Å². The van der Waals surface area contributed by atoms with Crippen molar-refractivity contribution in [1.82, 2.24) is 4.72 Å². The first-order chi connectivity index (χ1) is 10.9. The molecule has 1 aromatic heterocycles. The third kappa shape index (κ3) is 3.24. The summed E-state index contributed by atoms with van der Waals surface area (Å²) in [5.74, 6) is -0.453. The molecule has 0 aliphatic carbocycles. The Hall–Kier alpha value is -1.89. The minimum absolute atomic E-state index is 0.131. The molecule has 0 amide bonds. The maximum Gasteiger partial charge on any atom is 0.244 e. The zero-order valence-corrected chi connectivity index (χ0v) is 13.7. The van der Waals surface area contributed by atoms with Crippen LogP contribution >= 0.6 is 11.6 Å². The van der Waals surface area contributed by atoms with Gasteiger partial charge in [-0.15, -0.1) is 0 Å². The van der Waals surface area contributed by atoms with E-state index in [-0.39, 0.29) is 5.02 Å². The van der Waals surface area contributed by atoms with E-state index in [1.165, 1.54) is 6.07 Å². The summed E-state index contributed by atoms with van der Waals surface area (Å²) in [6.45, 7) is 1.63. The van der Waals surface area contributed by atoms with Crippen LogP contribution in [0.1, 0.15) is 18.7 Å². The first-order valence-electron chi connectivity index (χ1n) is 6.83. The van der Waals surface area contributed by atoms with E-state index in [0.717, 1.165) is 17.5 Å². The lowest BCUT2D eigenvalue weighted by molar-refractivity contribution is 0.482. The van der Waals surface area contributed by atoms with Gasteiger partial charge in [0.2, 0.25) is 10.0 Å². The van der Waals surface area contributed by atoms with Crippen LogP contribution in [-0.4, -0.2) is 8.42 Å². The predicted molar refractivity (Wildman–Crippen MR) is 86.4 cm³/mol. The Morgan fingerprint density at radius 2 is 1.91 bits per heavy atom. The molecule has 3 rings (SSSR count). The molecule has 120 valence electrons. The molecule has 4 nitrogen and oxygen atoms in total. The number of fused-ring (bicyclic) bond motifs is 1. The van der Waals surface area contributed by atoms with Crippen LogP contribution in [0.4, 0.5) is 4.39 Å². The lowest BCUT2D eigenvalue weighted by Crippen LogP contribution is -2.27. The van der Waals surface area contributed by atoms with Gasteiger partial charge in [0, 0.05) is 10.4 Å². The number of hydrogen-bond acceptors (Lipinski definition) is 3. The molecule has 1 N–H and O–H groups in total. The van der Waals surface area contributed by atoms with E-state index in [2.05, 4.69) is 4.72 Å². The van der Waals surface area contributed by atoms with E-state index >= 15 is 0 Å². The van der Waals surface area contributed by atoms with Crippen LogP contribution in [-0.2, 0) is 10.0 Å². The Labute approximate surface area is 137 Å². The van der Waals surface area contributed by atoms with E-state index in [4.69, 9.17) is 16.0 Å². The monoisotopic (exact) mass is 353 g/mol. The molecule has 0 unspecified atom stereocenters. The van der Waals surface area contributed by atoms with E-state index in [9.17, 15) is 12.8 Å². The third-order valence-corrected chi connectivity index (χ3v) is 5.20. The number of furan rings is 1. The van der Waals surface area contributed by atoms with Crippen molar-refractivity contribution in [3.05, 3.63) is 65.1 Å². The molecule has 0 fully saturated rings. The standard InChI is InChI=1S/C16H13ClFNO3S/c1-10(15-8-11-4-2-3-5-14(11)22-15)19-23(20,21)16-7-6-12(17)9-13(16)18/h2-10,19H,1H3/t10-/m1/s1. The van der Waals surface area contributed by atoms with Crippen LogP contribution in [0.5, 0.6) is 0 Å². The molecule has 7 heteroatoms. The van der Waals surface area contributed by atoms with Gasteiger partial charge in [0.15, 0.2) is 0 Å². The Morgan fingerprint density at radius 1 is 1.17 bits per heavy atom. The van der Waals surface area contributed by atoms with Crippen LogP contribution in [0.25, 0.3) is 11.0 Å². The number of sulfonamides is 1. The Morgan fingerprint density at radius 3 is 2.61 bits per heavy atom. The van der Waals surface area contributed by atoms with Crippen molar-refractivity contribution < 1.29 is 17.2 Å². The van der Waals surface area contributed by atoms with Crippen molar-refractivity contribution in [2.24, 2.45) is 0 Å². The average Bonchev–Trinajstić information content (AvgIpc) is 2.90. The summed E-state index contributed by atoms with van der Waals surface area (Å²) in [6, 6.07) is 11.9. The van der Waals surface area contributed by atoms with E-state index in [1.807, 2.05) is 18.2 Å². The highest BCUT2D eigenvalue weighted by atomic mass is 35.5. The third-order valence-electron chi connectivity index (χ3n) is 3.39. The number of halogens is 2. The minimum atomic E-state index is -4.04. The number of para-hydroxylation sites is 1. The largest absolute Gasteiger partial charge is 0.459 e. The predicted octanol–water partition coefficient (Wildman–Crippen LogP) is 4.26. The SMILES string of the molecule is C[C@@H](NS(=O)(=O)c1ccc(Cl)cc1F)c1cc2ccccc2o1. The van der Waals surface area contributed by atoms with E-state index in [0.29, 0.717) is 11.3 Å². The second-order valence-electron chi connectivity index (χ2n) is 5.10. The highest BCUT2D eigenvalue weighted by Crippen LogP contribution is 2.26. The fourth-order valence-corrected chi connectivity index (χ4v) is 3.69. The van der Waals surface area contributed by atoms with Crippen LogP contribution in [0.3, 0.4) is 0 Å². The van der Waals surface area contributed by atoms with Crippen molar-refractivity contribution in [1.29, 1.82) is 0 Å². The summed E-state index contributed by atoms with van der Waals surface area (Å²) in [5, 5.41) is 0.998. The Kier molecular flexibility index (Phi) is 4.14. The molecule has 0 spiro atoms. The fraction of sp³-hybridized carbons (Fsp3) is 0.125. The zero-order chi connectivity index (χ0) is 16.6. The molecular weight excluding hydrogens is 341 g/mol. The number of rotatable bonds is 4. The first kappa shape index (κ1) is 16.0. The topological polar surface area (TPSA) is 59.3 Å². The molecule has 0 aliphatic heterocycles. The second-order valence-corrected chi connectivity index (χ2v) is 7.22. The number of benzene rings is 2. The van der Waals surface area contributed by atoms with Gasteiger partial charge in [0.25, 0.3) is 0 Å². The molecule has 1 heterocycles. The molecule has 0 bridgehead atoms. The molecule has 0 saturated heterocycles. The fourth-order valence-electron chi connectivity index (χ4n) is 2.26. The average molecular weight is 354 g/mol. The lowest BCUT2D eigenvalue weighted by atomic mass is 10.2. The Bertz CT molecular complexity index is 935. The number of hydrogen-bond donors (Lipinski definition) is 1. The molecule has 23 heavy (non-hydrogen) atoms. The minimum Gasteiger partial charge on any atom is -0.459 e. The molecule has 2 aromatic carbocycles. The van der Waals surface area contributed by atoms with Crippen molar-refractivity contribution in [2.75, 3.05) is 0 Å². The highest BCUT2D eigenvalue weighted by molar-refractivity contribution is 7.89. The second kappa shape index (κ2) is 5.96. The van der Waals surface area contributed by atoms with Crippen molar-refractivity contribution in [3.8, 4) is 0 Å².